The van der Waals surface area contributed by atoms with Crippen molar-refractivity contribution < 1.29 is 44.2 Å². The molecule has 0 aliphatic rings. The molecule has 19 heavy (non-hydrogen) atoms. The molecule has 0 N–H and O–H groups in total. The van der Waals surface area contributed by atoms with Gasteiger partial charge < -0.3 is 14.6 Å². The fourth-order valence-electron chi connectivity index (χ4n) is 1.53. The van der Waals surface area contributed by atoms with Gasteiger partial charge in [-0.15, -0.1) is 0 Å². The molecule has 0 aliphatic heterocycles. The van der Waals surface area contributed by atoms with E-state index in [1.165, 1.54) is 0 Å². The quantitative estimate of drug-likeness (QED) is 0.457. The van der Waals surface area contributed by atoms with Crippen LogP contribution in [-0.2, 0) is 4.79 Å². The second-order valence-electron chi connectivity index (χ2n) is 4.52. The van der Waals surface area contributed by atoms with Gasteiger partial charge in [0, 0.05) is 6.21 Å². The average molecular weight is 271 g/mol. The number of hydrogen-bond donors (Lipinski definition) is 0. The maximum absolute atomic E-state index is 10.9. The molecule has 1 aromatic carbocycles. The summed E-state index contributed by atoms with van der Waals surface area (Å²) in [5.74, 6) is -0.111. The molecule has 0 amide bonds. The molecule has 0 spiro atoms. The third-order valence-electron chi connectivity index (χ3n) is 2.49. The van der Waals surface area contributed by atoms with Crippen LogP contribution in [0.3, 0.4) is 0 Å². The van der Waals surface area contributed by atoms with E-state index < -0.39 is 12.0 Å². The standard InChI is InChI=1S/C14H19NO3.Na/c1-10(2)8-13(14(16)17)15-9-11-4-6-12(18-3)7-5-11;/h4-7,9-10,13H,8H2,1-3H3,(H,16,17);/q;+1/p-1/b15-9+;/t13-;/m0./s1. The first-order valence-electron chi connectivity index (χ1n) is 5.91. The molecule has 0 saturated carbocycles. The van der Waals surface area contributed by atoms with E-state index in [-0.39, 0.29) is 35.5 Å². The second kappa shape index (κ2) is 9.13. The predicted octanol–water partition coefficient (Wildman–Crippen LogP) is -1.72. The minimum absolute atomic E-state index is 0. The summed E-state index contributed by atoms with van der Waals surface area (Å²) in [5.41, 5.74) is 0.839. The summed E-state index contributed by atoms with van der Waals surface area (Å²) in [5, 5.41) is 10.9. The first kappa shape index (κ1) is 18.2. The van der Waals surface area contributed by atoms with Gasteiger partial charge in [0.15, 0.2) is 0 Å². The zero-order valence-electron chi connectivity index (χ0n) is 11.9. The minimum atomic E-state index is -1.13. The second-order valence-corrected chi connectivity index (χ2v) is 4.52. The van der Waals surface area contributed by atoms with Crippen LogP contribution in [-0.4, -0.2) is 25.3 Å². The number of methoxy groups -OCH3 is 1. The van der Waals surface area contributed by atoms with Gasteiger partial charge in [0.2, 0.25) is 0 Å². The molecule has 1 atom stereocenters. The Kier molecular flexibility index (Phi) is 8.72. The van der Waals surface area contributed by atoms with Crippen molar-refractivity contribution in [1.82, 2.24) is 0 Å². The Bertz CT molecular complexity index is 415. The number of benzene rings is 1. The van der Waals surface area contributed by atoms with Gasteiger partial charge in [-0.1, -0.05) is 13.8 Å². The van der Waals surface area contributed by atoms with Crippen molar-refractivity contribution in [1.29, 1.82) is 0 Å². The number of carbonyl (C=O) groups excluding carboxylic acids is 1. The maximum atomic E-state index is 10.9. The normalized spacial score (nSPS) is 12.2. The zero-order chi connectivity index (χ0) is 13.5. The molecule has 0 radical (unpaired) electrons. The van der Waals surface area contributed by atoms with Crippen LogP contribution in [0.1, 0.15) is 25.8 Å². The van der Waals surface area contributed by atoms with Crippen molar-refractivity contribution in [3.63, 3.8) is 0 Å². The van der Waals surface area contributed by atoms with Gasteiger partial charge in [-0.2, -0.15) is 0 Å². The minimum Gasteiger partial charge on any atom is -0.548 e. The number of ether oxygens (including phenoxy) is 1. The van der Waals surface area contributed by atoms with E-state index in [1.807, 2.05) is 26.0 Å². The molecule has 0 unspecified atom stereocenters. The van der Waals surface area contributed by atoms with E-state index in [0.717, 1.165) is 11.3 Å². The van der Waals surface area contributed by atoms with Crippen LogP contribution in [0.2, 0.25) is 0 Å². The molecule has 0 bridgehead atoms. The van der Waals surface area contributed by atoms with E-state index in [0.29, 0.717) is 6.42 Å². The van der Waals surface area contributed by atoms with Gasteiger partial charge in [0.25, 0.3) is 0 Å². The van der Waals surface area contributed by atoms with Crippen LogP contribution >= 0.6 is 0 Å². The monoisotopic (exact) mass is 271 g/mol. The zero-order valence-corrected chi connectivity index (χ0v) is 13.9. The number of carboxylic acid groups (broad SMARTS) is 1. The van der Waals surface area contributed by atoms with Crippen LogP contribution < -0.4 is 39.4 Å². The summed E-state index contributed by atoms with van der Waals surface area (Å²) >= 11 is 0. The Labute approximate surface area is 136 Å². The van der Waals surface area contributed by atoms with Crippen LogP contribution in [0.25, 0.3) is 0 Å². The van der Waals surface area contributed by atoms with Crippen molar-refractivity contribution in [2.24, 2.45) is 10.9 Å². The Morgan fingerprint density at radius 2 is 1.95 bits per heavy atom. The van der Waals surface area contributed by atoms with Crippen LogP contribution in [0.4, 0.5) is 0 Å². The van der Waals surface area contributed by atoms with Gasteiger partial charge in [0.05, 0.1) is 19.1 Å². The van der Waals surface area contributed by atoms with Crippen molar-refractivity contribution in [2.75, 3.05) is 7.11 Å². The van der Waals surface area contributed by atoms with E-state index in [2.05, 4.69) is 4.99 Å². The summed E-state index contributed by atoms with van der Waals surface area (Å²) in [4.78, 5) is 15.0. The van der Waals surface area contributed by atoms with Crippen molar-refractivity contribution in [3.05, 3.63) is 29.8 Å². The van der Waals surface area contributed by atoms with Crippen LogP contribution in [0.5, 0.6) is 5.75 Å². The smallest absolute Gasteiger partial charge is 0.548 e. The molecule has 0 aliphatic carbocycles. The molecule has 98 valence electrons. The number of nitrogens with zero attached hydrogens (tertiary/aromatic N) is 1. The number of hydrogen-bond acceptors (Lipinski definition) is 4. The Morgan fingerprint density at radius 3 is 2.37 bits per heavy atom. The van der Waals surface area contributed by atoms with Gasteiger partial charge in [0.1, 0.15) is 5.75 Å². The molecule has 1 rings (SSSR count). The molecule has 4 nitrogen and oxygen atoms in total. The summed E-state index contributed by atoms with van der Waals surface area (Å²) in [6, 6.07) is 6.47. The third-order valence-corrected chi connectivity index (χ3v) is 2.49. The first-order valence-corrected chi connectivity index (χ1v) is 5.91. The van der Waals surface area contributed by atoms with Crippen molar-refractivity contribution >= 4 is 12.2 Å². The molecule has 1 aromatic rings. The van der Waals surface area contributed by atoms with Gasteiger partial charge in [-0.05, 0) is 42.2 Å². The van der Waals surface area contributed by atoms with E-state index in [4.69, 9.17) is 4.74 Å². The number of carboxylic acids is 1. The average Bonchev–Trinajstić information content (AvgIpc) is 2.34. The number of rotatable bonds is 6. The molecule has 5 heteroatoms. The number of aliphatic carboxylic acids is 1. The Balaban J connectivity index is 0.00000324. The SMILES string of the molecule is COc1ccc(/C=N/[C@@H](CC(C)C)C(=O)[O-])cc1.[Na+]. The molecular weight excluding hydrogens is 253 g/mol. The number of carbonyl (C=O) groups is 1. The van der Waals surface area contributed by atoms with Crippen molar-refractivity contribution in [2.45, 2.75) is 26.3 Å². The largest absolute Gasteiger partial charge is 1.00 e. The third kappa shape index (κ3) is 6.76. The van der Waals surface area contributed by atoms with E-state index >= 15 is 0 Å². The molecule has 0 aromatic heterocycles. The molecular formula is C14H18NNaO3. The Morgan fingerprint density at radius 1 is 1.37 bits per heavy atom. The molecule has 0 fully saturated rings. The maximum Gasteiger partial charge on any atom is 1.00 e. The Hall–Kier alpha value is -0.840. The summed E-state index contributed by atoms with van der Waals surface area (Å²) in [7, 11) is 1.60. The fraction of sp³-hybridized carbons (Fsp3) is 0.429. The fourth-order valence-corrected chi connectivity index (χ4v) is 1.53. The summed E-state index contributed by atoms with van der Waals surface area (Å²) < 4.78 is 5.04. The van der Waals surface area contributed by atoms with Crippen LogP contribution in [0, 0.1) is 5.92 Å². The van der Waals surface area contributed by atoms with Gasteiger partial charge in [-0.3, -0.25) is 4.99 Å². The first-order chi connectivity index (χ1) is 8.52. The van der Waals surface area contributed by atoms with Crippen LogP contribution in [0.15, 0.2) is 29.3 Å². The van der Waals surface area contributed by atoms with E-state index in [1.54, 1.807) is 25.5 Å². The predicted molar refractivity (Wildman–Crippen MR) is 68.8 cm³/mol. The molecule has 0 heterocycles. The summed E-state index contributed by atoms with van der Waals surface area (Å²) in [6.45, 7) is 3.91. The summed E-state index contributed by atoms with van der Waals surface area (Å²) in [6.07, 6.45) is 2.04. The van der Waals surface area contributed by atoms with Crippen molar-refractivity contribution in [3.8, 4) is 5.75 Å². The van der Waals surface area contributed by atoms with E-state index in [9.17, 15) is 9.90 Å². The number of aliphatic imine (C=N–C) groups is 1. The molecule has 0 saturated heterocycles. The van der Waals surface area contributed by atoms with Gasteiger partial charge in [-0.25, -0.2) is 0 Å². The van der Waals surface area contributed by atoms with Gasteiger partial charge >= 0.3 is 29.6 Å². The topological polar surface area (TPSA) is 61.7 Å².